The minimum absolute atomic E-state index is 0.0891. The molecule has 0 unspecified atom stereocenters. The summed E-state index contributed by atoms with van der Waals surface area (Å²) in [5.74, 6) is -0.141. The molecule has 160 valence electrons. The van der Waals surface area contributed by atoms with Crippen molar-refractivity contribution < 1.29 is 16.8 Å². The summed E-state index contributed by atoms with van der Waals surface area (Å²) in [7, 11) is -7.57. The number of aryl methyl sites for hydroxylation is 2. The third-order valence-corrected chi connectivity index (χ3v) is 9.61. The molecule has 0 aliphatic rings. The fourth-order valence-corrected chi connectivity index (χ4v) is 6.83. The van der Waals surface area contributed by atoms with Crippen molar-refractivity contribution in [3.8, 4) is 0 Å². The third-order valence-electron chi connectivity index (χ3n) is 4.58. The zero-order chi connectivity index (χ0) is 21.8. The second kappa shape index (κ2) is 9.28. The number of aromatic nitrogens is 1. The molecule has 1 heterocycles. The second-order valence-corrected chi connectivity index (χ2v) is 12.2. The molecule has 1 aromatic heterocycles. The topological polar surface area (TPSA) is 93.2 Å². The first-order valence-electron chi connectivity index (χ1n) is 9.57. The van der Waals surface area contributed by atoms with Gasteiger partial charge in [0.15, 0.2) is 5.03 Å². The van der Waals surface area contributed by atoms with Crippen LogP contribution >= 0.6 is 11.3 Å². The molecule has 0 aliphatic carbocycles. The summed E-state index contributed by atoms with van der Waals surface area (Å²) in [5.41, 5.74) is 2.12. The van der Waals surface area contributed by atoms with E-state index in [4.69, 9.17) is 0 Å². The van der Waals surface area contributed by atoms with Gasteiger partial charge in [-0.2, -0.15) is 0 Å². The third kappa shape index (κ3) is 5.08. The summed E-state index contributed by atoms with van der Waals surface area (Å²) >= 11 is 0.873. The number of benzene rings is 2. The van der Waals surface area contributed by atoms with Crippen LogP contribution in [-0.2, 0) is 26.1 Å². The van der Waals surface area contributed by atoms with E-state index < -0.39 is 19.7 Å². The lowest BCUT2D eigenvalue weighted by molar-refractivity contribution is 0.590. The Labute approximate surface area is 181 Å². The normalized spacial score (nSPS) is 12.1. The Morgan fingerprint density at radius 3 is 2.27 bits per heavy atom. The molecule has 6 nitrogen and oxygen atoms in total. The highest BCUT2D eigenvalue weighted by Gasteiger charge is 2.29. The first-order valence-corrected chi connectivity index (χ1v) is 13.5. The number of rotatable bonds is 9. The molecule has 9 heteroatoms. The Morgan fingerprint density at radius 2 is 1.63 bits per heavy atom. The average Bonchev–Trinajstić information content (AvgIpc) is 3.18. The van der Waals surface area contributed by atoms with E-state index in [9.17, 15) is 16.8 Å². The van der Waals surface area contributed by atoms with Crippen molar-refractivity contribution >= 4 is 36.0 Å². The molecule has 0 radical (unpaired) electrons. The van der Waals surface area contributed by atoms with Gasteiger partial charge in [0, 0.05) is 6.54 Å². The fourth-order valence-electron chi connectivity index (χ4n) is 2.81. The van der Waals surface area contributed by atoms with Crippen LogP contribution in [0.4, 0.5) is 5.00 Å². The lowest BCUT2D eigenvalue weighted by Crippen LogP contribution is -2.09. The van der Waals surface area contributed by atoms with Crippen molar-refractivity contribution in [1.82, 2.24) is 4.98 Å². The highest BCUT2D eigenvalue weighted by atomic mass is 32.2. The summed E-state index contributed by atoms with van der Waals surface area (Å²) in [6, 6.07) is 16.4. The van der Waals surface area contributed by atoms with Crippen LogP contribution in [0.1, 0.15) is 24.5 Å². The number of thiazole rings is 1. The van der Waals surface area contributed by atoms with E-state index in [1.165, 1.54) is 24.6 Å². The predicted molar refractivity (Wildman–Crippen MR) is 120 cm³/mol. The minimum Gasteiger partial charge on any atom is -0.374 e. The Bertz CT molecular complexity index is 1200. The van der Waals surface area contributed by atoms with Gasteiger partial charge in [-0.3, -0.25) is 0 Å². The molecule has 0 spiro atoms. The van der Waals surface area contributed by atoms with Crippen LogP contribution in [0.5, 0.6) is 0 Å². The number of nitrogens with zero attached hydrogens (tertiary/aromatic N) is 1. The monoisotopic (exact) mass is 464 g/mol. The number of hydrogen-bond donors (Lipinski definition) is 1. The molecule has 3 rings (SSSR count). The van der Waals surface area contributed by atoms with Gasteiger partial charge in [0.1, 0.15) is 5.00 Å². The number of sulfone groups is 2. The molecule has 0 bridgehead atoms. The molecule has 0 amide bonds. The highest BCUT2D eigenvalue weighted by Crippen LogP contribution is 2.35. The van der Waals surface area contributed by atoms with Crippen LogP contribution in [0, 0.1) is 6.92 Å². The van der Waals surface area contributed by atoms with E-state index >= 15 is 0 Å². The maximum absolute atomic E-state index is 13.2. The van der Waals surface area contributed by atoms with Gasteiger partial charge >= 0.3 is 0 Å². The molecule has 2 aromatic carbocycles. The second-order valence-electron chi connectivity index (χ2n) is 6.85. The van der Waals surface area contributed by atoms with Crippen molar-refractivity contribution in [2.45, 2.75) is 41.0 Å². The molecule has 0 aliphatic heterocycles. The van der Waals surface area contributed by atoms with E-state index in [0.717, 1.165) is 29.7 Å². The van der Waals surface area contributed by atoms with Gasteiger partial charge in [0.25, 0.3) is 0 Å². The highest BCUT2D eigenvalue weighted by molar-refractivity contribution is 7.94. The number of anilines is 1. The summed E-state index contributed by atoms with van der Waals surface area (Å²) in [4.78, 5) is 4.13. The van der Waals surface area contributed by atoms with Gasteiger partial charge < -0.3 is 5.32 Å². The summed E-state index contributed by atoms with van der Waals surface area (Å²) < 4.78 is 50.8. The molecule has 0 saturated carbocycles. The molecule has 1 N–H and O–H groups in total. The van der Waals surface area contributed by atoms with Crippen LogP contribution in [-0.4, -0.2) is 34.1 Å². The Kier molecular flexibility index (Phi) is 6.95. The van der Waals surface area contributed by atoms with Gasteiger partial charge in [0.2, 0.25) is 24.0 Å². The lowest BCUT2D eigenvalue weighted by atomic mass is 10.1. The van der Waals surface area contributed by atoms with Crippen LogP contribution in [0.25, 0.3) is 0 Å². The van der Waals surface area contributed by atoms with Crippen molar-refractivity contribution in [3.63, 3.8) is 0 Å². The molecule has 3 aromatic rings. The number of hydrogen-bond acceptors (Lipinski definition) is 7. The van der Waals surface area contributed by atoms with Crippen molar-refractivity contribution in [2.75, 3.05) is 17.6 Å². The summed E-state index contributed by atoms with van der Waals surface area (Å²) in [5, 5.41) is 3.13. The van der Waals surface area contributed by atoms with Crippen molar-refractivity contribution in [2.24, 2.45) is 0 Å². The van der Waals surface area contributed by atoms with E-state index in [-0.39, 0.29) is 25.0 Å². The molecule has 30 heavy (non-hydrogen) atoms. The smallest absolute Gasteiger partial charge is 0.226 e. The van der Waals surface area contributed by atoms with Gasteiger partial charge in [-0.25, -0.2) is 21.8 Å². The van der Waals surface area contributed by atoms with E-state index in [1.54, 1.807) is 12.1 Å². The lowest BCUT2D eigenvalue weighted by Gasteiger charge is -2.08. The van der Waals surface area contributed by atoms with Crippen molar-refractivity contribution in [1.29, 1.82) is 0 Å². The van der Waals surface area contributed by atoms with Crippen LogP contribution in [0.2, 0.25) is 0 Å². The maximum atomic E-state index is 13.2. The first-order chi connectivity index (χ1) is 14.2. The quantitative estimate of drug-likeness (QED) is 0.479. The summed E-state index contributed by atoms with van der Waals surface area (Å²) in [6.45, 7) is 3.88. The van der Waals surface area contributed by atoms with Gasteiger partial charge in [-0.15, -0.1) is 0 Å². The van der Waals surface area contributed by atoms with Crippen LogP contribution in [0.15, 0.2) is 68.9 Å². The molecular weight excluding hydrogens is 440 g/mol. The van der Waals surface area contributed by atoms with Gasteiger partial charge in [0.05, 0.1) is 10.6 Å². The van der Waals surface area contributed by atoms with Gasteiger partial charge in [-0.05, 0) is 37.5 Å². The van der Waals surface area contributed by atoms with Crippen LogP contribution in [0.3, 0.4) is 0 Å². The molecule has 0 atom stereocenters. The zero-order valence-electron chi connectivity index (χ0n) is 16.8. The standard InChI is InChI=1S/C21H24N2O4S3/c1-3-29(24,25)21-23-20(30(26,27)18-13-11-16(2)12-14-18)19(28-21)22-15-7-10-17-8-5-4-6-9-17/h4-6,8-9,11-14,22H,3,7,10,15H2,1-2H3. The Morgan fingerprint density at radius 1 is 0.967 bits per heavy atom. The molecular formula is C21H24N2O4S3. The molecule has 0 saturated heterocycles. The fraction of sp³-hybridized carbons (Fsp3) is 0.286. The van der Waals surface area contributed by atoms with E-state index in [0.29, 0.717) is 6.54 Å². The predicted octanol–water partition coefficient (Wildman–Crippen LogP) is 4.12. The maximum Gasteiger partial charge on any atom is 0.226 e. The number of nitrogens with one attached hydrogen (secondary N) is 1. The Balaban J connectivity index is 1.88. The van der Waals surface area contributed by atoms with Crippen molar-refractivity contribution in [3.05, 3.63) is 65.7 Å². The zero-order valence-corrected chi connectivity index (χ0v) is 19.3. The minimum atomic E-state index is -3.95. The van der Waals surface area contributed by atoms with Gasteiger partial charge in [-0.1, -0.05) is 66.3 Å². The summed E-state index contributed by atoms with van der Waals surface area (Å²) in [6.07, 6.45) is 1.59. The average molecular weight is 465 g/mol. The van der Waals surface area contributed by atoms with E-state index in [1.807, 2.05) is 37.3 Å². The van der Waals surface area contributed by atoms with E-state index in [2.05, 4.69) is 10.3 Å². The first kappa shape index (κ1) is 22.5. The Hall–Kier alpha value is -2.23. The largest absolute Gasteiger partial charge is 0.374 e. The SMILES string of the molecule is CCS(=O)(=O)c1nc(S(=O)(=O)c2ccc(C)cc2)c(NCCCc2ccccc2)s1. The molecule has 0 fully saturated rings. The van der Waals surface area contributed by atoms with Crippen LogP contribution < -0.4 is 5.32 Å².